The number of sulfone groups is 1. The molecule has 0 saturated heterocycles. The normalized spacial score (nSPS) is 12.7. The van der Waals surface area contributed by atoms with Gasteiger partial charge in [-0.25, -0.2) is 8.42 Å². The largest absolute Gasteiger partial charge is 0.368 e. The SMILES string of the molecule is O=S(=O)(c1ccccc1)C(F)(F)/C=C/c1ccccc1. The molecule has 0 aromatic heterocycles. The Hall–Kier alpha value is -2.01. The van der Waals surface area contributed by atoms with Crippen LogP contribution in [0.2, 0.25) is 0 Å². The van der Waals surface area contributed by atoms with Gasteiger partial charge < -0.3 is 0 Å². The molecule has 0 fully saturated rings. The third-order valence-electron chi connectivity index (χ3n) is 2.68. The highest BCUT2D eigenvalue weighted by atomic mass is 32.2. The van der Waals surface area contributed by atoms with Crippen molar-refractivity contribution in [3.8, 4) is 0 Å². The van der Waals surface area contributed by atoms with E-state index in [0.29, 0.717) is 11.6 Å². The molecule has 0 radical (unpaired) electrons. The summed E-state index contributed by atoms with van der Waals surface area (Å²) >= 11 is 0. The fraction of sp³-hybridized carbons (Fsp3) is 0.0667. The molecule has 2 aromatic carbocycles. The summed E-state index contributed by atoms with van der Waals surface area (Å²) in [7, 11) is -4.73. The summed E-state index contributed by atoms with van der Waals surface area (Å²) in [6.07, 6.45) is 1.51. The minimum absolute atomic E-state index is 0.400. The van der Waals surface area contributed by atoms with E-state index in [1.165, 1.54) is 12.1 Å². The molecule has 0 N–H and O–H groups in total. The Bertz CT molecular complexity index is 693. The van der Waals surface area contributed by atoms with Gasteiger partial charge in [-0.05, 0) is 17.7 Å². The molecule has 0 unspecified atom stereocenters. The van der Waals surface area contributed by atoms with E-state index in [-0.39, 0.29) is 0 Å². The van der Waals surface area contributed by atoms with Crippen molar-refractivity contribution in [2.24, 2.45) is 0 Å². The predicted octanol–water partition coefficient (Wildman–Crippen LogP) is 3.77. The van der Waals surface area contributed by atoms with Crippen LogP contribution in [0, 0.1) is 0 Å². The Labute approximate surface area is 116 Å². The Morgan fingerprint density at radius 3 is 1.90 bits per heavy atom. The third-order valence-corrected chi connectivity index (χ3v) is 4.43. The Kier molecular flexibility index (Phi) is 3.99. The lowest BCUT2D eigenvalue weighted by atomic mass is 10.2. The van der Waals surface area contributed by atoms with Crippen LogP contribution in [0.1, 0.15) is 5.56 Å². The number of rotatable bonds is 4. The molecular weight excluding hydrogens is 282 g/mol. The number of halogens is 2. The van der Waals surface area contributed by atoms with Crippen LogP contribution in [0.3, 0.4) is 0 Å². The fourth-order valence-electron chi connectivity index (χ4n) is 1.60. The Morgan fingerprint density at radius 2 is 1.35 bits per heavy atom. The van der Waals surface area contributed by atoms with E-state index in [4.69, 9.17) is 0 Å². The number of hydrogen-bond donors (Lipinski definition) is 0. The zero-order valence-corrected chi connectivity index (χ0v) is 11.2. The van der Waals surface area contributed by atoms with Crippen LogP contribution in [0.25, 0.3) is 6.08 Å². The van der Waals surface area contributed by atoms with Gasteiger partial charge in [-0.2, -0.15) is 8.78 Å². The smallest absolute Gasteiger partial charge is 0.217 e. The van der Waals surface area contributed by atoms with Crippen molar-refractivity contribution in [2.45, 2.75) is 10.2 Å². The summed E-state index contributed by atoms with van der Waals surface area (Å²) in [5.41, 5.74) is 0.510. The third kappa shape index (κ3) is 2.93. The van der Waals surface area contributed by atoms with Crippen molar-refractivity contribution in [3.63, 3.8) is 0 Å². The lowest BCUT2D eigenvalue weighted by Gasteiger charge is -2.13. The van der Waals surface area contributed by atoms with Gasteiger partial charge in [0.15, 0.2) is 0 Å². The van der Waals surface area contributed by atoms with Crippen molar-refractivity contribution in [3.05, 3.63) is 72.3 Å². The lowest BCUT2D eigenvalue weighted by molar-refractivity contribution is 0.148. The maximum Gasteiger partial charge on any atom is 0.368 e. The molecule has 0 atom stereocenters. The van der Waals surface area contributed by atoms with Crippen LogP contribution in [0.15, 0.2) is 71.6 Å². The van der Waals surface area contributed by atoms with Crippen molar-refractivity contribution in [1.82, 2.24) is 0 Å². The molecule has 0 bridgehead atoms. The molecule has 0 aliphatic heterocycles. The van der Waals surface area contributed by atoms with Crippen LogP contribution in [0.4, 0.5) is 8.78 Å². The molecule has 0 aliphatic rings. The van der Waals surface area contributed by atoms with E-state index in [0.717, 1.165) is 18.2 Å². The summed E-state index contributed by atoms with van der Waals surface area (Å²) in [4.78, 5) is -0.400. The molecule has 0 spiro atoms. The first-order chi connectivity index (χ1) is 9.43. The summed E-state index contributed by atoms with van der Waals surface area (Å²) in [5, 5.41) is -3.95. The van der Waals surface area contributed by atoms with Gasteiger partial charge in [-0.1, -0.05) is 54.6 Å². The van der Waals surface area contributed by atoms with Crippen LogP contribution < -0.4 is 0 Å². The highest BCUT2D eigenvalue weighted by Crippen LogP contribution is 2.30. The molecule has 2 rings (SSSR count). The van der Waals surface area contributed by atoms with Crippen LogP contribution in [-0.4, -0.2) is 13.7 Å². The van der Waals surface area contributed by atoms with Crippen molar-refractivity contribution < 1.29 is 17.2 Å². The molecule has 0 saturated carbocycles. The number of benzene rings is 2. The van der Waals surface area contributed by atoms with Crippen LogP contribution in [0.5, 0.6) is 0 Å². The highest BCUT2D eigenvalue weighted by Gasteiger charge is 2.43. The molecule has 0 heterocycles. The summed E-state index contributed by atoms with van der Waals surface area (Å²) in [6, 6.07) is 15.0. The first-order valence-corrected chi connectivity index (χ1v) is 7.33. The second-order valence-electron chi connectivity index (χ2n) is 4.12. The van der Waals surface area contributed by atoms with Gasteiger partial charge >= 0.3 is 5.25 Å². The monoisotopic (exact) mass is 294 g/mol. The van der Waals surface area contributed by atoms with Gasteiger partial charge in [0.1, 0.15) is 0 Å². The number of hydrogen-bond acceptors (Lipinski definition) is 2. The van der Waals surface area contributed by atoms with Crippen LogP contribution in [-0.2, 0) is 9.84 Å². The molecule has 20 heavy (non-hydrogen) atoms. The second-order valence-corrected chi connectivity index (χ2v) is 6.14. The minimum atomic E-state index is -4.73. The quantitative estimate of drug-likeness (QED) is 0.860. The van der Waals surface area contributed by atoms with Gasteiger partial charge in [0.05, 0.1) is 4.90 Å². The Balaban J connectivity index is 2.33. The lowest BCUT2D eigenvalue weighted by Crippen LogP contribution is -2.26. The number of alkyl halides is 2. The van der Waals surface area contributed by atoms with E-state index < -0.39 is 20.0 Å². The standard InChI is InChI=1S/C15H12F2O2S/c16-15(17,12-11-13-7-3-1-4-8-13)20(18,19)14-9-5-2-6-10-14/h1-12H/b12-11+. The predicted molar refractivity (Wildman–Crippen MR) is 74.1 cm³/mol. The van der Waals surface area contributed by atoms with E-state index in [9.17, 15) is 17.2 Å². The van der Waals surface area contributed by atoms with E-state index >= 15 is 0 Å². The fourth-order valence-corrected chi connectivity index (χ4v) is 2.68. The van der Waals surface area contributed by atoms with Crippen LogP contribution >= 0.6 is 0 Å². The van der Waals surface area contributed by atoms with Crippen molar-refractivity contribution >= 4 is 15.9 Å². The second kappa shape index (κ2) is 5.54. The summed E-state index contributed by atoms with van der Waals surface area (Å²) in [6.45, 7) is 0. The van der Waals surface area contributed by atoms with Gasteiger partial charge in [0.2, 0.25) is 9.84 Å². The zero-order chi connectivity index (χ0) is 14.6. The molecule has 0 aliphatic carbocycles. The molecule has 104 valence electrons. The van der Waals surface area contributed by atoms with E-state index in [2.05, 4.69) is 0 Å². The topological polar surface area (TPSA) is 34.1 Å². The van der Waals surface area contributed by atoms with E-state index in [1.807, 2.05) is 0 Å². The first kappa shape index (κ1) is 14.4. The Morgan fingerprint density at radius 1 is 0.850 bits per heavy atom. The summed E-state index contributed by atoms with van der Waals surface area (Å²) < 4.78 is 51.5. The van der Waals surface area contributed by atoms with Gasteiger partial charge in [0.25, 0.3) is 0 Å². The summed E-state index contributed by atoms with van der Waals surface area (Å²) in [5.74, 6) is 0. The molecule has 5 heteroatoms. The minimum Gasteiger partial charge on any atom is -0.217 e. The maximum atomic E-state index is 13.9. The maximum absolute atomic E-state index is 13.9. The van der Waals surface area contributed by atoms with Gasteiger partial charge in [-0.3, -0.25) is 0 Å². The molecule has 2 nitrogen and oxygen atoms in total. The van der Waals surface area contributed by atoms with Gasteiger partial charge in [0, 0.05) is 6.08 Å². The molecule has 0 amide bonds. The average molecular weight is 294 g/mol. The highest BCUT2D eigenvalue weighted by molar-refractivity contribution is 7.92. The molecular formula is C15H12F2O2S. The van der Waals surface area contributed by atoms with Crippen molar-refractivity contribution in [2.75, 3.05) is 0 Å². The first-order valence-electron chi connectivity index (χ1n) is 5.85. The zero-order valence-electron chi connectivity index (χ0n) is 10.4. The van der Waals surface area contributed by atoms with E-state index in [1.54, 1.807) is 36.4 Å². The van der Waals surface area contributed by atoms with Gasteiger partial charge in [-0.15, -0.1) is 0 Å². The molecule has 2 aromatic rings. The average Bonchev–Trinajstić information content (AvgIpc) is 2.47. The van der Waals surface area contributed by atoms with Crippen molar-refractivity contribution in [1.29, 1.82) is 0 Å².